The molecule has 0 spiro atoms. The number of pyridine rings is 1. The Morgan fingerprint density at radius 1 is 0.912 bits per heavy atom. The van der Waals surface area contributed by atoms with Gasteiger partial charge in [0.1, 0.15) is 5.41 Å². The zero-order valence-corrected chi connectivity index (χ0v) is 22.3. The monoisotopic (exact) mass is 597 g/mol. The van der Waals surface area contributed by atoms with E-state index in [0.29, 0.717) is 11.3 Å². The number of nitrogens with zero attached hydrogens (tertiary/aromatic N) is 1. The number of halogens is 2. The fourth-order valence-corrected chi connectivity index (χ4v) is 5.69. The highest BCUT2D eigenvalue weighted by molar-refractivity contribution is 9.11. The first kappa shape index (κ1) is 24.6. The summed E-state index contributed by atoms with van der Waals surface area (Å²) >= 11 is 8.43. The maximum Gasteiger partial charge on any atom is 0.321 e. The number of hydrogen-bond acceptors (Lipinski definition) is 5. The zero-order valence-electron chi connectivity index (χ0n) is 18.3. The summed E-state index contributed by atoms with van der Waals surface area (Å²) in [6.07, 6.45) is 1.83. The first-order chi connectivity index (χ1) is 16.4. The van der Waals surface area contributed by atoms with Crippen molar-refractivity contribution in [3.63, 3.8) is 0 Å². The molecule has 0 aliphatic heterocycles. The van der Waals surface area contributed by atoms with Crippen LogP contribution in [0.2, 0.25) is 0 Å². The molecule has 4 aromatic rings. The lowest BCUT2D eigenvalue weighted by Crippen LogP contribution is -2.45. The van der Waals surface area contributed by atoms with E-state index in [-0.39, 0.29) is 18.0 Å². The van der Waals surface area contributed by atoms with Crippen molar-refractivity contribution in [1.82, 2.24) is 4.98 Å². The van der Waals surface area contributed by atoms with Crippen LogP contribution in [0.4, 0.5) is 0 Å². The Bertz CT molecular complexity index is 1330. The van der Waals surface area contributed by atoms with Crippen molar-refractivity contribution in [2.24, 2.45) is 5.41 Å². The van der Waals surface area contributed by atoms with Gasteiger partial charge in [-0.15, -0.1) is 11.8 Å². The van der Waals surface area contributed by atoms with E-state index in [9.17, 15) is 9.59 Å². The molecule has 0 fully saturated rings. The minimum absolute atomic E-state index is 0.113. The number of aromatic nitrogens is 1. The number of carbonyl (C=O) groups excluding carboxylic acids is 2. The summed E-state index contributed by atoms with van der Waals surface area (Å²) in [6, 6.07) is 24.6. The zero-order chi connectivity index (χ0) is 24.1. The quantitative estimate of drug-likeness (QED) is 0.0934. The highest BCUT2D eigenvalue weighted by Crippen LogP contribution is 2.38. The number of hydrogen-bond donors (Lipinski definition) is 0. The van der Waals surface area contributed by atoms with Gasteiger partial charge in [-0.05, 0) is 45.6 Å². The Kier molecular flexibility index (Phi) is 7.86. The van der Waals surface area contributed by atoms with Gasteiger partial charge in [0, 0.05) is 48.9 Å². The van der Waals surface area contributed by atoms with E-state index >= 15 is 0 Å². The van der Waals surface area contributed by atoms with Crippen molar-refractivity contribution in [2.45, 2.75) is 11.3 Å². The molecular formula is C27H21Br2NO3S. The van der Waals surface area contributed by atoms with Crippen LogP contribution in [0.15, 0.2) is 98.9 Å². The minimum atomic E-state index is -1.47. The summed E-state index contributed by atoms with van der Waals surface area (Å²) in [5.74, 6) is -0.647. The van der Waals surface area contributed by atoms with Crippen LogP contribution in [0, 0.1) is 5.41 Å². The van der Waals surface area contributed by atoms with Crippen LogP contribution < -0.4 is 0 Å². The molecule has 1 atom stereocenters. The number of thioether (sulfide) groups is 1. The molecule has 0 saturated carbocycles. The number of benzene rings is 3. The molecule has 0 aliphatic carbocycles. The van der Waals surface area contributed by atoms with Gasteiger partial charge >= 0.3 is 5.97 Å². The van der Waals surface area contributed by atoms with Crippen LogP contribution in [0.5, 0.6) is 0 Å². The molecule has 7 heteroatoms. The molecule has 172 valence electrons. The van der Waals surface area contributed by atoms with E-state index in [1.54, 1.807) is 30.5 Å². The number of esters is 1. The third-order valence-electron chi connectivity index (χ3n) is 5.64. The van der Waals surface area contributed by atoms with E-state index < -0.39 is 11.4 Å². The van der Waals surface area contributed by atoms with E-state index in [2.05, 4.69) is 36.8 Å². The fourth-order valence-electron chi connectivity index (χ4n) is 3.86. The normalized spacial score (nSPS) is 12.8. The van der Waals surface area contributed by atoms with Crippen LogP contribution in [0.3, 0.4) is 0 Å². The topological polar surface area (TPSA) is 56.3 Å². The van der Waals surface area contributed by atoms with Gasteiger partial charge in [-0.25, -0.2) is 0 Å². The molecule has 1 heterocycles. The van der Waals surface area contributed by atoms with E-state index in [1.807, 2.05) is 54.6 Å². The summed E-state index contributed by atoms with van der Waals surface area (Å²) in [6.45, 7) is 0. The van der Waals surface area contributed by atoms with E-state index in [1.165, 1.54) is 18.9 Å². The van der Waals surface area contributed by atoms with Gasteiger partial charge in [-0.1, -0.05) is 70.5 Å². The smallest absolute Gasteiger partial charge is 0.321 e. The Morgan fingerprint density at radius 3 is 2.24 bits per heavy atom. The van der Waals surface area contributed by atoms with Crippen LogP contribution in [0.25, 0.3) is 10.8 Å². The van der Waals surface area contributed by atoms with Gasteiger partial charge in [0.15, 0.2) is 5.78 Å². The highest BCUT2D eigenvalue weighted by atomic mass is 79.9. The Balaban J connectivity index is 1.85. The van der Waals surface area contributed by atoms with Gasteiger partial charge in [-0.3, -0.25) is 14.6 Å². The van der Waals surface area contributed by atoms with Crippen LogP contribution in [-0.2, 0) is 16.0 Å². The van der Waals surface area contributed by atoms with Gasteiger partial charge < -0.3 is 4.74 Å². The Hall–Kier alpha value is -2.48. The molecule has 4 nitrogen and oxygen atoms in total. The maximum absolute atomic E-state index is 14.0. The van der Waals surface area contributed by atoms with E-state index in [0.717, 1.165) is 24.6 Å². The van der Waals surface area contributed by atoms with Gasteiger partial charge in [-0.2, -0.15) is 0 Å². The van der Waals surface area contributed by atoms with Crippen molar-refractivity contribution in [3.8, 4) is 0 Å². The van der Waals surface area contributed by atoms with Gasteiger partial charge in [0.25, 0.3) is 0 Å². The second kappa shape index (κ2) is 10.8. The molecule has 0 bridgehead atoms. The molecule has 34 heavy (non-hydrogen) atoms. The molecule has 1 unspecified atom stereocenters. The van der Waals surface area contributed by atoms with Crippen molar-refractivity contribution < 1.29 is 14.3 Å². The second-order valence-electron chi connectivity index (χ2n) is 7.79. The number of ether oxygens (including phenoxy) is 1. The van der Waals surface area contributed by atoms with Gasteiger partial charge in [0.2, 0.25) is 0 Å². The van der Waals surface area contributed by atoms with Crippen molar-refractivity contribution >= 4 is 66.1 Å². The predicted octanol–water partition coefficient (Wildman–Crippen LogP) is 7.14. The number of fused-ring (bicyclic) bond motifs is 1. The Labute approximate surface area is 219 Å². The summed E-state index contributed by atoms with van der Waals surface area (Å²) in [7, 11) is 1.33. The summed E-state index contributed by atoms with van der Waals surface area (Å²) in [5, 5.41) is 1.86. The number of ketones is 1. The summed E-state index contributed by atoms with van der Waals surface area (Å²) in [5.41, 5.74) is -0.348. The lowest BCUT2D eigenvalue weighted by molar-refractivity contribution is -0.148. The average Bonchev–Trinajstić information content (AvgIpc) is 2.88. The number of Topliss-reactive ketones (excluding diaryl/α,β-unsaturated/α-hetero) is 1. The average molecular weight is 599 g/mol. The molecule has 1 aromatic heterocycles. The lowest BCUT2D eigenvalue weighted by Gasteiger charge is -2.30. The SMILES string of the molecule is COC(=O)C(CSc1ccccc1)(Cc1ncc(Br)c2ccccc12)C(=O)c1ccc(Br)cc1. The molecule has 3 aromatic carbocycles. The molecule has 0 aliphatic rings. The van der Waals surface area contributed by atoms with Crippen molar-refractivity contribution in [1.29, 1.82) is 0 Å². The van der Waals surface area contributed by atoms with E-state index in [4.69, 9.17) is 4.74 Å². The minimum Gasteiger partial charge on any atom is -0.468 e. The fraction of sp³-hybridized carbons (Fsp3) is 0.148. The first-order valence-corrected chi connectivity index (χ1v) is 13.1. The van der Waals surface area contributed by atoms with Crippen LogP contribution >= 0.6 is 43.6 Å². The number of rotatable bonds is 8. The van der Waals surface area contributed by atoms with Gasteiger partial charge in [0.05, 0.1) is 7.11 Å². The molecule has 0 amide bonds. The summed E-state index contributed by atoms with van der Waals surface area (Å²) < 4.78 is 6.97. The predicted molar refractivity (Wildman–Crippen MR) is 143 cm³/mol. The number of carbonyl (C=O) groups is 2. The molecule has 4 rings (SSSR count). The number of methoxy groups -OCH3 is 1. The van der Waals surface area contributed by atoms with Crippen LogP contribution in [0.1, 0.15) is 16.1 Å². The third kappa shape index (κ3) is 5.11. The standard InChI is InChI=1S/C27H21Br2NO3S/c1-33-26(32)27(17-34-20-7-3-2-4-8-20,25(31)18-11-13-19(28)14-12-18)15-24-22-10-6-5-9-21(22)23(29)16-30-24/h2-14,16H,15,17H2,1H3. The van der Waals surface area contributed by atoms with Crippen molar-refractivity contribution in [3.05, 3.63) is 105 Å². The lowest BCUT2D eigenvalue weighted by atomic mass is 9.77. The first-order valence-electron chi connectivity index (χ1n) is 10.5. The molecule has 0 N–H and O–H groups in total. The third-order valence-corrected chi connectivity index (χ3v) is 8.05. The summed E-state index contributed by atoms with van der Waals surface area (Å²) in [4.78, 5) is 33.1. The van der Waals surface area contributed by atoms with Crippen LogP contribution in [-0.4, -0.2) is 29.6 Å². The molecule has 0 radical (unpaired) electrons. The largest absolute Gasteiger partial charge is 0.468 e. The Morgan fingerprint density at radius 2 is 1.56 bits per heavy atom. The molecule has 0 saturated heterocycles. The second-order valence-corrected chi connectivity index (χ2v) is 10.6. The highest BCUT2D eigenvalue weighted by Gasteiger charge is 2.48. The molecular weight excluding hydrogens is 578 g/mol. The van der Waals surface area contributed by atoms with Crippen molar-refractivity contribution in [2.75, 3.05) is 12.9 Å². The maximum atomic E-state index is 14.0.